The molecular weight excluding hydrogens is 302 g/mol. The normalized spacial score (nSPS) is 15.3. The largest absolute Gasteiger partial charge is 0.486 e. The molecule has 5 nitrogen and oxygen atoms in total. The molecule has 0 saturated carbocycles. The number of fused-ring (bicyclic) bond motifs is 1. The molecule has 0 fully saturated rings. The third kappa shape index (κ3) is 3.08. The minimum atomic E-state index is -3.55. The molecule has 1 atom stereocenters. The van der Waals surface area contributed by atoms with Gasteiger partial charge in [-0.05, 0) is 36.8 Å². The molecule has 22 heavy (non-hydrogen) atoms. The highest BCUT2D eigenvalue weighted by atomic mass is 32.2. The van der Waals surface area contributed by atoms with E-state index in [0.29, 0.717) is 24.7 Å². The maximum absolute atomic E-state index is 12.3. The Hall–Kier alpha value is -2.05. The van der Waals surface area contributed by atoms with Crippen molar-refractivity contribution in [3.8, 4) is 11.5 Å². The summed E-state index contributed by atoms with van der Waals surface area (Å²) in [7, 11) is -3.55. The van der Waals surface area contributed by atoms with Crippen LogP contribution in [0.3, 0.4) is 0 Å². The predicted octanol–water partition coefficient (Wildman–Crippen LogP) is 2.50. The summed E-state index contributed by atoms with van der Waals surface area (Å²) in [5.41, 5.74) is 0.823. The highest BCUT2D eigenvalue weighted by Gasteiger charge is 2.20. The Balaban J connectivity index is 1.81. The van der Waals surface area contributed by atoms with Crippen molar-refractivity contribution in [3.63, 3.8) is 0 Å². The average molecular weight is 319 g/mol. The summed E-state index contributed by atoms with van der Waals surface area (Å²) in [6, 6.07) is 13.4. The van der Waals surface area contributed by atoms with Crippen molar-refractivity contribution >= 4 is 10.0 Å². The number of benzene rings is 2. The van der Waals surface area contributed by atoms with Crippen molar-refractivity contribution in [2.75, 3.05) is 13.2 Å². The molecule has 0 aromatic heterocycles. The lowest BCUT2D eigenvalue weighted by atomic mass is 10.1. The smallest absolute Gasteiger partial charge is 0.241 e. The number of hydrogen-bond acceptors (Lipinski definition) is 4. The third-order valence-corrected chi connectivity index (χ3v) is 5.01. The molecule has 1 aliphatic rings. The zero-order chi connectivity index (χ0) is 15.6. The molecular formula is C16H17NO4S. The first-order chi connectivity index (χ1) is 10.6. The van der Waals surface area contributed by atoms with E-state index < -0.39 is 10.0 Å². The van der Waals surface area contributed by atoms with Gasteiger partial charge in [-0.25, -0.2) is 13.1 Å². The van der Waals surface area contributed by atoms with E-state index in [9.17, 15) is 8.42 Å². The molecule has 2 aromatic carbocycles. The standard InChI is InChI=1S/C16H17NO4S/c1-12(17-22(18,19)14-5-3-2-4-6-14)13-7-8-15-16(11-13)21-10-9-20-15/h2-8,11-12,17H,9-10H2,1H3. The van der Waals surface area contributed by atoms with Gasteiger partial charge >= 0.3 is 0 Å². The van der Waals surface area contributed by atoms with E-state index >= 15 is 0 Å². The van der Waals surface area contributed by atoms with Crippen LogP contribution in [0.1, 0.15) is 18.5 Å². The summed E-state index contributed by atoms with van der Waals surface area (Å²) in [6.07, 6.45) is 0. The second-order valence-electron chi connectivity index (χ2n) is 5.06. The van der Waals surface area contributed by atoms with E-state index in [4.69, 9.17) is 9.47 Å². The summed E-state index contributed by atoms with van der Waals surface area (Å²) in [5, 5.41) is 0. The first-order valence-corrected chi connectivity index (χ1v) is 8.51. The van der Waals surface area contributed by atoms with Crippen molar-refractivity contribution in [2.24, 2.45) is 0 Å². The van der Waals surface area contributed by atoms with E-state index in [1.807, 2.05) is 12.1 Å². The number of nitrogens with one attached hydrogen (secondary N) is 1. The fourth-order valence-electron chi connectivity index (χ4n) is 2.30. The molecule has 1 heterocycles. The molecule has 0 radical (unpaired) electrons. The highest BCUT2D eigenvalue weighted by molar-refractivity contribution is 7.89. The Morgan fingerprint density at radius 2 is 1.68 bits per heavy atom. The summed E-state index contributed by atoms with van der Waals surface area (Å²) in [4.78, 5) is 0.249. The molecule has 0 aliphatic carbocycles. The molecule has 0 spiro atoms. The minimum absolute atomic E-state index is 0.249. The van der Waals surface area contributed by atoms with Gasteiger partial charge in [0.05, 0.1) is 4.90 Å². The van der Waals surface area contributed by atoms with E-state index in [1.54, 1.807) is 43.3 Å². The zero-order valence-electron chi connectivity index (χ0n) is 12.2. The van der Waals surface area contributed by atoms with Crippen molar-refractivity contribution in [2.45, 2.75) is 17.9 Å². The number of hydrogen-bond donors (Lipinski definition) is 1. The second kappa shape index (κ2) is 5.98. The maximum Gasteiger partial charge on any atom is 0.241 e. The van der Waals surface area contributed by atoms with Crippen LogP contribution in [0.4, 0.5) is 0 Å². The Labute approximate surface area is 129 Å². The van der Waals surface area contributed by atoms with Crippen molar-refractivity contribution in [1.82, 2.24) is 4.72 Å². The van der Waals surface area contributed by atoms with Crippen LogP contribution in [0, 0.1) is 0 Å². The Morgan fingerprint density at radius 1 is 1.00 bits per heavy atom. The zero-order valence-corrected chi connectivity index (χ0v) is 13.0. The van der Waals surface area contributed by atoms with E-state index in [0.717, 1.165) is 5.56 Å². The van der Waals surface area contributed by atoms with Crippen LogP contribution < -0.4 is 14.2 Å². The molecule has 3 rings (SSSR count). The highest BCUT2D eigenvalue weighted by Crippen LogP contribution is 2.32. The van der Waals surface area contributed by atoms with Crippen LogP contribution >= 0.6 is 0 Å². The molecule has 0 amide bonds. The van der Waals surface area contributed by atoms with Gasteiger partial charge in [0.2, 0.25) is 10.0 Å². The lowest BCUT2D eigenvalue weighted by Gasteiger charge is -2.21. The quantitative estimate of drug-likeness (QED) is 0.940. The van der Waals surface area contributed by atoms with Crippen LogP contribution in [0.2, 0.25) is 0 Å². The van der Waals surface area contributed by atoms with Crippen molar-refractivity contribution in [3.05, 3.63) is 54.1 Å². The van der Waals surface area contributed by atoms with E-state index in [2.05, 4.69) is 4.72 Å². The van der Waals surface area contributed by atoms with Crippen molar-refractivity contribution < 1.29 is 17.9 Å². The first-order valence-electron chi connectivity index (χ1n) is 7.03. The number of sulfonamides is 1. The minimum Gasteiger partial charge on any atom is -0.486 e. The van der Waals surface area contributed by atoms with Crippen LogP contribution in [0.15, 0.2) is 53.4 Å². The number of rotatable bonds is 4. The predicted molar refractivity (Wildman–Crippen MR) is 82.6 cm³/mol. The van der Waals surface area contributed by atoms with Gasteiger partial charge in [-0.3, -0.25) is 0 Å². The van der Waals surface area contributed by atoms with E-state index in [1.165, 1.54) is 0 Å². The first kappa shape index (κ1) is 14.9. The van der Waals surface area contributed by atoms with Crippen LogP contribution in [0.25, 0.3) is 0 Å². The van der Waals surface area contributed by atoms with Gasteiger partial charge in [0, 0.05) is 6.04 Å². The topological polar surface area (TPSA) is 64.6 Å². The molecule has 0 saturated heterocycles. The summed E-state index contributed by atoms with van der Waals surface area (Å²) in [5.74, 6) is 1.34. The second-order valence-corrected chi connectivity index (χ2v) is 6.77. The maximum atomic E-state index is 12.3. The van der Waals surface area contributed by atoms with Gasteiger partial charge < -0.3 is 9.47 Å². The SMILES string of the molecule is CC(NS(=O)(=O)c1ccccc1)c1ccc2c(c1)OCCO2. The third-order valence-electron chi connectivity index (χ3n) is 3.45. The van der Waals surface area contributed by atoms with Crippen molar-refractivity contribution in [1.29, 1.82) is 0 Å². The summed E-state index contributed by atoms with van der Waals surface area (Å²) in [6.45, 7) is 2.83. The van der Waals surface area contributed by atoms with Crippen LogP contribution in [-0.4, -0.2) is 21.6 Å². The fraction of sp³-hybridized carbons (Fsp3) is 0.250. The Morgan fingerprint density at radius 3 is 2.41 bits per heavy atom. The lowest BCUT2D eigenvalue weighted by Crippen LogP contribution is -2.27. The average Bonchev–Trinajstić information content (AvgIpc) is 2.55. The molecule has 1 aliphatic heterocycles. The molecule has 0 bridgehead atoms. The fourth-order valence-corrected chi connectivity index (χ4v) is 3.55. The Bertz CT molecular complexity index is 759. The van der Waals surface area contributed by atoms with Crippen LogP contribution in [0.5, 0.6) is 11.5 Å². The number of ether oxygens (including phenoxy) is 2. The van der Waals surface area contributed by atoms with Gasteiger partial charge in [0.1, 0.15) is 13.2 Å². The molecule has 2 aromatic rings. The van der Waals surface area contributed by atoms with Gasteiger partial charge in [0.25, 0.3) is 0 Å². The van der Waals surface area contributed by atoms with E-state index in [-0.39, 0.29) is 10.9 Å². The monoisotopic (exact) mass is 319 g/mol. The van der Waals surface area contributed by atoms with Gasteiger partial charge in [-0.15, -0.1) is 0 Å². The van der Waals surface area contributed by atoms with Gasteiger partial charge in [0.15, 0.2) is 11.5 Å². The Kier molecular flexibility index (Phi) is 4.04. The van der Waals surface area contributed by atoms with Crippen LogP contribution in [-0.2, 0) is 10.0 Å². The van der Waals surface area contributed by atoms with Gasteiger partial charge in [-0.1, -0.05) is 24.3 Å². The summed E-state index contributed by atoms with van der Waals surface area (Å²) < 4.78 is 38.3. The lowest BCUT2D eigenvalue weighted by molar-refractivity contribution is 0.171. The molecule has 1 N–H and O–H groups in total. The molecule has 6 heteroatoms. The summed E-state index contributed by atoms with van der Waals surface area (Å²) >= 11 is 0. The molecule has 1 unspecified atom stereocenters. The van der Waals surface area contributed by atoms with Gasteiger partial charge in [-0.2, -0.15) is 0 Å². The molecule has 116 valence electrons.